The maximum absolute atomic E-state index is 12.8. The summed E-state index contributed by atoms with van der Waals surface area (Å²) in [5.41, 5.74) is 0.597. The molecule has 0 radical (unpaired) electrons. The normalized spacial score (nSPS) is 24.4. The molecule has 2 aliphatic heterocycles. The van der Waals surface area contributed by atoms with E-state index in [2.05, 4.69) is 20.5 Å². The number of benzene rings is 1. The number of carbonyl (C=O) groups is 2. The predicted molar refractivity (Wildman–Crippen MR) is 132 cm³/mol. The van der Waals surface area contributed by atoms with E-state index in [1.165, 1.54) is 0 Å². The molecule has 0 spiro atoms. The van der Waals surface area contributed by atoms with E-state index in [1.807, 2.05) is 12.1 Å². The van der Waals surface area contributed by atoms with Crippen molar-refractivity contribution in [1.82, 2.24) is 15.6 Å². The molecule has 34 heavy (non-hydrogen) atoms. The Hall–Kier alpha value is -2.51. The number of amides is 2. The second-order valence-electron chi connectivity index (χ2n) is 9.46. The van der Waals surface area contributed by atoms with Crippen LogP contribution in [0.15, 0.2) is 36.5 Å². The van der Waals surface area contributed by atoms with Crippen molar-refractivity contribution >= 4 is 40.8 Å². The maximum Gasteiger partial charge on any atom is 0.260 e. The number of hydrogen-bond donors (Lipinski definition) is 2. The maximum atomic E-state index is 12.8. The van der Waals surface area contributed by atoms with Crippen LogP contribution in [0, 0.1) is 0 Å². The van der Waals surface area contributed by atoms with Crippen molar-refractivity contribution in [3.63, 3.8) is 0 Å². The summed E-state index contributed by atoms with van der Waals surface area (Å²) in [6.45, 7) is 1.72. The summed E-state index contributed by atoms with van der Waals surface area (Å²) < 4.78 is 5.77. The molecular formula is C25H28Cl2N4O3. The van der Waals surface area contributed by atoms with Gasteiger partial charge in [0.1, 0.15) is 11.6 Å². The Morgan fingerprint density at radius 2 is 1.76 bits per heavy atom. The fourth-order valence-corrected chi connectivity index (χ4v) is 5.42. The average Bonchev–Trinajstić information content (AvgIpc) is 3.58. The third kappa shape index (κ3) is 5.10. The molecule has 2 unspecified atom stereocenters. The first-order chi connectivity index (χ1) is 16.4. The number of carbonyl (C=O) groups excluding carboxylic acids is 2. The fourth-order valence-electron chi connectivity index (χ4n) is 4.97. The number of rotatable bonds is 7. The van der Waals surface area contributed by atoms with Gasteiger partial charge in [-0.1, -0.05) is 23.2 Å². The number of anilines is 1. The molecule has 7 nitrogen and oxygen atoms in total. The topological polar surface area (TPSA) is 83.6 Å². The molecule has 2 N–H and O–H groups in total. The number of aromatic nitrogens is 1. The summed E-state index contributed by atoms with van der Waals surface area (Å²) in [5.74, 6) is 1.12. The first-order valence-corrected chi connectivity index (χ1v) is 12.6. The minimum atomic E-state index is -0.676. The van der Waals surface area contributed by atoms with Gasteiger partial charge in [0.25, 0.3) is 11.8 Å². The zero-order valence-corrected chi connectivity index (χ0v) is 20.5. The van der Waals surface area contributed by atoms with Crippen molar-refractivity contribution < 1.29 is 14.3 Å². The average molecular weight is 503 g/mol. The highest BCUT2D eigenvalue weighted by Gasteiger charge is 2.42. The van der Waals surface area contributed by atoms with Crippen LogP contribution in [0.3, 0.4) is 0 Å². The molecule has 5 rings (SSSR count). The molecule has 9 heteroatoms. The molecule has 2 bridgehead atoms. The van der Waals surface area contributed by atoms with Crippen LogP contribution in [0.25, 0.3) is 0 Å². The number of ether oxygens (including phenoxy) is 1. The number of halogens is 2. The van der Waals surface area contributed by atoms with Gasteiger partial charge in [0, 0.05) is 35.4 Å². The Balaban J connectivity index is 1.17. The van der Waals surface area contributed by atoms with Gasteiger partial charge in [0.2, 0.25) is 0 Å². The van der Waals surface area contributed by atoms with E-state index in [0.29, 0.717) is 39.5 Å². The number of piperidine rings is 1. The van der Waals surface area contributed by atoms with E-state index < -0.39 is 6.10 Å². The lowest BCUT2D eigenvalue weighted by Crippen LogP contribution is -2.52. The molecule has 3 heterocycles. The number of nitrogens with one attached hydrogen (secondary N) is 2. The summed E-state index contributed by atoms with van der Waals surface area (Å²) in [6, 6.07) is 9.77. The Labute approximate surface area is 209 Å². The van der Waals surface area contributed by atoms with Crippen LogP contribution in [0.2, 0.25) is 10.0 Å². The summed E-state index contributed by atoms with van der Waals surface area (Å²) in [6.07, 6.45) is 6.94. The molecule has 1 aromatic heterocycles. The van der Waals surface area contributed by atoms with E-state index in [9.17, 15) is 9.59 Å². The second kappa shape index (κ2) is 9.62. The number of nitrogens with zero attached hydrogens (tertiary/aromatic N) is 2. The van der Waals surface area contributed by atoms with Crippen molar-refractivity contribution in [2.24, 2.45) is 0 Å². The van der Waals surface area contributed by atoms with Crippen molar-refractivity contribution in [2.75, 3.05) is 4.90 Å². The van der Waals surface area contributed by atoms with Crippen LogP contribution in [-0.2, 0) is 4.79 Å². The number of pyridine rings is 1. The molecule has 180 valence electrons. The van der Waals surface area contributed by atoms with Crippen LogP contribution in [0.5, 0.6) is 5.75 Å². The number of fused-ring (bicyclic) bond motifs is 2. The van der Waals surface area contributed by atoms with Gasteiger partial charge in [-0.05, 0) is 75.8 Å². The van der Waals surface area contributed by atoms with Gasteiger partial charge in [-0.2, -0.15) is 0 Å². The highest BCUT2D eigenvalue weighted by atomic mass is 35.5. The van der Waals surface area contributed by atoms with Gasteiger partial charge in [0.05, 0.1) is 10.6 Å². The quantitative estimate of drug-likeness (QED) is 0.587. The molecule has 3 aliphatic rings. The Kier molecular flexibility index (Phi) is 6.58. The van der Waals surface area contributed by atoms with Crippen LogP contribution >= 0.6 is 23.2 Å². The molecule has 4 atom stereocenters. The van der Waals surface area contributed by atoms with Crippen molar-refractivity contribution in [3.05, 3.63) is 52.1 Å². The Morgan fingerprint density at radius 1 is 1.03 bits per heavy atom. The van der Waals surface area contributed by atoms with Crippen molar-refractivity contribution in [3.8, 4) is 5.75 Å². The molecule has 2 amide bonds. The zero-order chi connectivity index (χ0) is 23.8. The van der Waals surface area contributed by atoms with Gasteiger partial charge in [-0.15, -0.1) is 0 Å². The third-order valence-corrected chi connectivity index (χ3v) is 7.36. The minimum absolute atomic E-state index is 0.0535. The number of hydrogen-bond acceptors (Lipinski definition) is 5. The molecule has 1 saturated carbocycles. The third-order valence-electron chi connectivity index (χ3n) is 6.83. The summed E-state index contributed by atoms with van der Waals surface area (Å²) in [4.78, 5) is 32.0. The van der Waals surface area contributed by atoms with Crippen LogP contribution < -0.4 is 20.3 Å². The standard InChI is InChI=1S/C25H28Cl2N4O3/c1-14(34-22-8-3-16(26)10-21(22)27)24(32)30-18-11-19-6-7-20(12-18)31(19)23-9-2-15(13-28-23)25(33)29-17-4-5-17/h2-3,8-10,13-14,17-20H,4-7,11-12H2,1H3,(H,29,33)(H,30,32)/t14?,18?,19-,20+. The predicted octanol–water partition coefficient (Wildman–Crippen LogP) is 4.36. The smallest absolute Gasteiger partial charge is 0.260 e. The van der Waals surface area contributed by atoms with Gasteiger partial charge in [0.15, 0.2) is 6.10 Å². The van der Waals surface area contributed by atoms with Gasteiger partial charge >= 0.3 is 0 Å². The largest absolute Gasteiger partial charge is 0.479 e. The van der Waals surface area contributed by atoms with Crippen LogP contribution in [0.1, 0.15) is 55.8 Å². The first kappa shape index (κ1) is 23.2. The summed E-state index contributed by atoms with van der Waals surface area (Å²) in [7, 11) is 0. The zero-order valence-electron chi connectivity index (χ0n) is 19.0. The second-order valence-corrected chi connectivity index (χ2v) is 10.3. The van der Waals surface area contributed by atoms with Crippen molar-refractivity contribution in [2.45, 2.75) is 75.7 Å². The molecular weight excluding hydrogens is 475 g/mol. The van der Waals surface area contributed by atoms with Crippen LogP contribution in [-0.4, -0.2) is 47.1 Å². The van der Waals surface area contributed by atoms with E-state index in [4.69, 9.17) is 27.9 Å². The SMILES string of the molecule is CC(Oc1ccc(Cl)cc1Cl)C(=O)NC1C[C@H]2CC[C@@H](C1)N2c1ccc(C(=O)NC2CC2)cn1. The lowest BCUT2D eigenvalue weighted by molar-refractivity contribution is -0.128. The lowest BCUT2D eigenvalue weighted by atomic mass is 9.97. The lowest BCUT2D eigenvalue weighted by Gasteiger charge is -2.40. The molecule has 1 aromatic carbocycles. The summed E-state index contributed by atoms with van der Waals surface area (Å²) >= 11 is 12.1. The van der Waals surface area contributed by atoms with Gasteiger partial charge in [-0.3, -0.25) is 9.59 Å². The summed E-state index contributed by atoms with van der Waals surface area (Å²) in [5, 5.41) is 7.05. The molecule has 3 fully saturated rings. The minimum Gasteiger partial charge on any atom is -0.479 e. The molecule has 1 aliphatic carbocycles. The Morgan fingerprint density at radius 3 is 2.38 bits per heavy atom. The fraction of sp³-hybridized carbons (Fsp3) is 0.480. The van der Waals surface area contributed by atoms with Crippen LogP contribution in [0.4, 0.5) is 5.82 Å². The highest BCUT2D eigenvalue weighted by molar-refractivity contribution is 6.35. The van der Waals surface area contributed by atoms with E-state index in [1.54, 1.807) is 31.3 Å². The Bertz CT molecular complexity index is 1060. The molecule has 2 aromatic rings. The molecule has 2 saturated heterocycles. The van der Waals surface area contributed by atoms with E-state index >= 15 is 0 Å². The first-order valence-electron chi connectivity index (χ1n) is 11.8. The monoisotopic (exact) mass is 502 g/mol. The van der Waals surface area contributed by atoms with E-state index in [-0.39, 0.29) is 17.9 Å². The van der Waals surface area contributed by atoms with Crippen molar-refractivity contribution in [1.29, 1.82) is 0 Å². The highest BCUT2D eigenvalue weighted by Crippen LogP contribution is 2.38. The van der Waals surface area contributed by atoms with Gasteiger partial charge in [-0.25, -0.2) is 4.98 Å². The van der Waals surface area contributed by atoms with Gasteiger partial charge < -0.3 is 20.3 Å². The van der Waals surface area contributed by atoms with E-state index in [0.717, 1.165) is 44.3 Å².